The number of amides is 2. The van der Waals surface area contributed by atoms with Crippen molar-refractivity contribution >= 4 is 39.1 Å². The molecule has 1 aliphatic rings. The van der Waals surface area contributed by atoms with Gasteiger partial charge >= 0.3 is 0 Å². The van der Waals surface area contributed by atoms with Gasteiger partial charge in [-0.1, -0.05) is 62.1 Å². The maximum Gasteiger partial charge on any atom is 0.264 e. The summed E-state index contributed by atoms with van der Waals surface area (Å²) in [6.07, 6.45) is 5.37. The summed E-state index contributed by atoms with van der Waals surface area (Å²) in [6, 6.07) is 19.0. The summed E-state index contributed by atoms with van der Waals surface area (Å²) in [7, 11) is -2.71. The number of para-hydroxylation sites is 2. The van der Waals surface area contributed by atoms with E-state index in [4.69, 9.17) is 21.1 Å². The monoisotopic (exact) mass is 655 g/mol. The van der Waals surface area contributed by atoms with Gasteiger partial charge in [0.2, 0.25) is 11.8 Å². The molecule has 0 saturated heterocycles. The van der Waals surface area contributed by atoms with Gasteiger partial charge < -0.3 is 19.7 Å². The Kier molecular flexibility index (Phi) is 12.1. The minimum atomic E-state index is -4.27. The number of rotatable bonds is 14. The Morgan fingerprint density at radius 1 is 0.978 bits per heavy atom. The Hall–Kier alpha value is -3.76. The lowest BCUT2D eigenvalue weighted by Crippen LogP contribution is -2.54. The number of anilines is 1. The minimum Gasteiger partial charge on any atom is -0.497 e. The molecule has 0 radical (unpaired) electrons. The molecule has 242 valence electrons. The van der Waals surface area contributed by atoms with Gasteiger partial charge in [0.1, 0.15) is 24.1 Å². The van der Waals surface area contributed by atoms with Gasteiger partial charge in [-0.15, -0.1) is 0 Å². The zero-order valence-electron chi connectivity index (χ0n) is 26.1. The summed E-state index contributed by atoms with van der Waals surface area (Å²) in [5.74, 6) is 0.138. The van der Waals surface area contributed by atoms with Gasteiger partial charge in [0.25, 0.3) is 10.0 Å². The van der Waals surface area contributed by atoms with Crippen LogP contribution in [0, 0.1) is 0 Å². The molecule has 1 saturated carbocycles. The molecule has 45 heavy (non-hydrogen) atoms. The molecule has 11 heteroatoms. The van der Waals surface area contributed by atoms with E-state index in [2.05, 4.69) is 5.32 Å². The molecule has 3 aromatic carbocycles. The van der Waals surface area contributed by atoms with Crippen molar-refractivity contribution in [2.45, 2.75) is 75.9 Å². The van der Waals surface area contributed by atoms with Crippen LogP contribution in [0.5, 0.6) is 11.5 Å². The number of ether oxygens (including phenoxy) is 2. The number of sulfonamides is 1. The number of methoxy groups -OCH3 is 1. The molecule has 9 nitrogen and oxygen atoms in total. The van der Waals surface area contributed by atoms with Crippen LogP contribution in [-0.4, -0.2) is 57.5 Å². The number of nitrogens with zero attached hydrogens (tertiary/aromatic N) is 2. The molecule has 0 bridgehead atoms. The van der Waals surface area contributed by atoms with Gasteiger partial charge in [-0.2, -0.15) is 0 Å². The lowest BCUT2D eigenvalue weighted by molar-refractivity contribution is -0.140. The van der Waals surface area contributed by atoms with Crippen molar-refractivity contribution in [3.8, 4) is 11.5 Å². The van der Waals surface area contributed by atoms with Gasteiger partial charge in [0.15, 0.2) is 0 Å². The molecule has 2 amide bonds. The highest BCUT2D eigenvalue weighted by atomic mass is 35.5. The zero-order valence-corrected chi connectivity index (χ0v) is 27.6. The third-order valence-corrected chi connectivity index (χ3v) is 9.96. The molecule has 1 aliphatic carbocycles. The molecular weight excluding hydrogens is 614 g/mol. The van der Waals surface area contributed by atoms with E-state index in [1.807, 2.05) is 19.1 Å². The molecule has 1 fully saturated rings. The maximum absolute atomic E-state index is 14.4. The second kappa shape index (κ2) is 16.0. The van der Waals surface area contributed by atoms with Gasteiger partial charge in [0, 0.05) is 17.6 Å². The molecule has 0 heterocycles. The fourth-order valence-electron chi connectivity index (χ4n) is 5.62. The second-order valence-electron chi connectivity index (χ2n) is 11.0. The van der Waals surface area contributed by atoms with E-state index in [1.165, 1.54) is 29.2 Å². The smallest absolute Gasteiger partial charge is 0.264 e. The summed E-state index contributed by atoms with van der Waals surface area (Å²) >= 11 is 6.06. The predicted octanol–water partition coefficient (Wildman–Crippen LogP) is 6.20. The van der Waals surface area contributed by atoms with Crippen molar-refractivity contribution in [3.05, 3.63) is 83.4 Å². The molecule has 0 aromatic heterocycles. The van der Waals surface area contributed by atoms with E-state index in [1.54, 1.807) is 50.4 Å². The van der Waals surface area contributed by atoms with Crippen LogP contribution in [0.2, 0.25) is 5.02 Å². The van der Waals surface area contributed by atoms with Crippen LogP contribution in [0.25, 0.3) is 0 Å². The Morgan fingerprint density at radius 2 is 1.69 bits per heavy atom. The number of hydrogen-bond donors (Lipinski definition) is 1. The van der Waals surface area contributed by atoms with Crippen LogP contribution >= 0.6 is 11.6 Å². The number of nitrogens with one attached hydrogen (secondary N) is 1. The predicted molar refractivity (Wildman–Crippen MR) is 176 cm³/mol. The number of benzene rings is 3. The number of halogens is 1. The van der Waals surface area contributed by atoms with Crippen LogP contribution in [-0.2, 0) is 26.2 Å². The second-order valence-corrected chi connectivity index (χ2v) is 13.3. The number of carbonyl (C=O) groups is 2. The van der Waals surface area contributed by atoms with Crippen molar-refractivity contribution in [2.24, 2.45) is 0 Å². The third kappa shape index (κ3) is 8.70. The van der Waals surface area contributed by atoms with Gasteiger partial charge in [0.05, 0.1) is 24.3 Å². The zero-order chi connectivity index (χ0) is 32.4. The number of hydrogen-bond acceptors (Lipinski definition) is 6. The number of carbonyl (C=O) groups excluding carboxylic acids is 2. The third-order valence-electron chi connectivity index (χ3n) is 7.94. The van der Waals surface area contributed by atoms with E-state index >= 15 is 0 Å². The minimum absolute atomic E-state index is 0.0348. The molecule has 1 N–H and O–H groups in total. The lowest BCUT2D eigenvalue weighted by Gasteiger charge is -2.34. The molecule has 4 rings (SSSR count). The molecule has 0 spiro atoms. The van der Waals surface area contributed by atoms with Gasteiger partial charge in [-0.05, 0) is 80.3 Å². The quantitative estimate of drug-likeness (QED) is 0.222. The largest absolute Gasteiger partial charge is 0.497 e. The van der Waals surface area contributed by atoms with Crippen molar-refractivity contribution < 1.29 is 27.5 Å². The first kappa shape index (κ1) is 34.1. The SMILES string of the molecule is CCOc1ccccc1N(CC(=O)N(Cc1cccc(OC)c1)[C@@H](CC)C(=O)NC1CCCCC1)S(=O)(=O)c1ccc(Cl)cc1. The fourth-order valence-corrected chi connectivity index (χ4v) is 7.17. The normalized spacial score (nSPS) is 14.3. The first-order valence-corrected chi connectivity index (χ1v) is 17.2. The average Bonchev–Trinajstić information content (AvgIpc) is 3.04. The summed E-state index contributed by atoms with van der Waals surface area (Å²) < 4.78 is 40.6. The van der Waals surface area contributed by atoms with Crippen molar-refractivity contribution in [1.82, 2.24) is 10.2 Å². The Labute approximate surface area is 271 Å². The van der Waals surface area contributed by atoms with Crippen LogP contribution in [0.1, 0.15) is 57.9 Å². The highest BCUT2D eigenvalue weighted by Crippen LogP contribution is 2.33. The Bertz CT molecular complexity index is 1540. The van der Waals surface area contributed by atoms with Crippen LogP contribution in [0.15, 0.2) is 77.7 Å². The molecule has 1 atom stereocenters. The molecule has 3 aromatic rings. The van der Waals surface area contributed by atoms with Crippen LogP contribution in [0.3, 0.4) is 0 Å². The lowest BCUT2D eigenvalue weighted by atomic mass is 9.95. The first-order valence-electron chi connectivity index (χ1n) is 15.4. The fraction of sp³-hybridized carbons (Fsp3) is 0.412. The van der Waals surface area contributed by atoms with E-state index < -0.39 is 28.5 Å². The van der Waals surface area contributed by atoms with E-state index in [-0.39, 0.29) is 29.1 Å². The van der Waals surface area contributed by atoms with Crippen LogP contribution in [0.4, 0.5) is 5.69 Å². The summed E-state index contributed by atoms with van der Waals surface area (Å²) in [5, 5.41) is 3.54. The van der Waals surface area contributed by atoms with E-state index in [0.717, 1.165) is 42.0 Å². The van der Waals surface area contributed by atoms with E-state index in [0.29, 0.717) is 29.5 Å². The van der Waals surface area contributed by atoms with Gasteiger partial charge in [-0.25, -0.2) is 8.42 Å². The summed E-state index contributed by atoms with van der Waals surface area (Å²) in [4.78, 5) is 29.6. The first-order chi connectivity index (χ1) is 21.7. The Balaban J connectivity index is 1.75. The topological polar surface area (TPSA) is 105 Å². The molecule has 0 unspecified atom stereocenters. The summed E-state index contributed by atoms with van der Waals surface area (Å²) in [6.45, 7) is 3.46. The highest BCUT2D eigenvalue weighted by molar-refractivity contribution is 7.92. The maximum atomic E-state index is 14.4. The summed E-state index contributed by atoms with van der Waals surface area (Å²) in [5.41, 5.74) is 0.956. The van der Waals surface area contributed by atoms with Crippen molar-refractivity contribution in [3.63, 3.8) is 0 Å². The Morgan fingerprint density at radius 3 is 2.36 bits per heavy atom. The van der Waals surface area contributed by atoms with Crippen molar-refractivity contribution in [1.29, 1.82) is 0 Å². The van der Waals surface area contributed by atoms with Crippen molar-refractivity contribution in [2.75, 3.05) is 24.6 Å². The van der Waals surface area contributed by atoms with Crippen LogP contribution < -0.4 is 19.1 Å². The standard InChI is InChI=1S/C34H42ClN3O6S/c1-4-30(34(40)36-27-13-7-6-8-14-27)37(23-25-12-11-15-28(22-25)43-3)33(39)24-38(31-16-9-10-17-32(31)44-5-2)45(41,42)29-20-18-26(35)19-21-29/h9-12,15-22,27,30H,4-8,13-14,23-24H2,1-3H3,(H,36,40)/t30-/m0/s1. The van der Waals surface area contributed by atoms with Gasteiger partial charge in [-0.3, -0.25) is 13.9 Å². The molecular formula is C34H42ClN3O6S. The average molecular weight is 656 g/mol. The van der Waals surface area contributed by atoms with E-state index in [9.17, 15) is 18.0 Å². The molecule has 0 aliphatic heterocycles. The highest BCUT2D eigenvalue weighted by Gasteiger charge is 2.35.